The highest BCUT2D eigenvalue weighted by atomic mass is 32.2. The van der Waals surface area contributed by atoms with Gasteiger partial charge in [-0.25, -0.2) is 0 Å². The monoisotopic (exact) mass is 286 g/mol. The average Bonchev–Trinajstić information content (AvgIpc) is 2.38. The minimum absolute atomic E-state index is 0.215. The van der Waals surface area contributed by atoms with E-state index < -0.39 is 10.1 Å². The first-order valence-electron chi connectivity index (χ1n) is 6.60. The van der Waals surface area contributed by atoms with Crippen molar-refractivity contribution in [3.8, 4) is 0 Å². The summed E-state index contributed by atoms with van der Waals surface area (Å²) < 4.78 is 33.9. The zero-order valence-corrected chi connectivity index (χ0v) is 12.4. The predicted molar refractivity (Wildman–Crippen MR) is 74.7 cm³/mol. The second-order valence-corrected chi connectivity index (χ2v) is 5.96. The van der Waals surface area contributed by atoms with Crippen LogP contribution in [0.5, 0.6) is 0 Å². The maximum absolute atomic E-state index is 11.8. The number of rotatable bonds is 9. The van der Waals surface area contributed by atoms with Crippen LogP contribution in [0.25, 0.3) is 0 Å². The van der Waals surface area contributed by atoms with Gasteiger partial charge in [-0.2, -0.15) is 8.42 Å². The van der Waals surface area contributed by atoms with Crippen molar-refractivity contribution in [2.75, 3.05) is 19.8 Å². The molecule has 0 radical (unpaired) electrons. The van der Waals surface area contributed by atoms with E-state index in [1.165, 1.54) is 0 Å². The first kappa shape index (κ1) is 16.1. The molecule has 19 heavy (non-hydrogen) atoms. The van der Waals surface area contributed by atoms with Crippen molar-refractivity contribution < 1.29 is 17.3 Å². The molecule has 0 aromatic heterocycles. The molecule has 0 heterocycles. The van der Waals surface area contributed by atoms with E-state index in [2.05, 4.69) is 0 Å². The number of hydrogen-bond donors (Lipinski definition) is 0. The second-order valence-electron chi connectivity index (χ2n) is 4.35. The van der Waals surface area contributed by atoms with E-state index in [-0.39, 0.29) is 11.5 Å². The molecule has 1 aromatic rings. The van der Waals surface area contributed by atoms with Crippen LogP contribution in [0.1, 0.15) is 31.7 Å². The molecule has 0 aliphatic carbocycles. The van der Waals surface area contributed by atoms with Gasteiger partial charge in [-0.15, -0.1) is 0 Å². The summed E-state index contributed by atoms with van der Waals surface area (Å²) >= 11 is 0. The smallest absolute Gasteiger partial charge is 0.296 e. The second kappa shape index (κ2) is 8.30. The number of aryl methyl sites for hydroxylation is 1. The lowest BCUT2D eigenvalue weighted by Gasteiger charge is -2.06. The van der Waals surface area contributed by atoms with Crippen LogP contribution in [0.2, 0.25) is 0 Å². The SMILES string of the molecule is CCOCCCCCOS(=O)(=O)c1ccc(C)cc1. The molecule has 108 valence electrons. The van der Waals surface area contributed by atoms with E-state index in [0.29, 0.717) is 0 Å². The highest BCUT2D eigenvalue weighted by Gasteiger charge is 2.13. The Morgan fingerprint density at radius 3 is 2.26 bits per heavy atom. The van der Waals surface area contributed by atoms with Crippen molar-refractivity contribution in [2.24, 2.45) is 0 Å². The number of unbranched alkanes of at least 4 members (excludes halogenated alkanes) is 2. The number of hydrogen-bond acceptors (Lipinski definition) is 4. The average molecular weight is 286 g/mol. The lowest BCUT2D eigenvalue weighted by Crippen LogP contribution is -2.07. The molecule has 0 bridgehead atoms. The molecule has 0 N–H and O–H groups in total. The van der Waals surface area contributed by atoms with Gasteiger partial charge in [-0.1, -0.05) is 17.7 Å². The van der Waals surface area contributed by atoms with Crippen molar-refractivity contribution >= 4 is 10.1 Å². The van der Waals surface area contributed by atoms with Crippen molar-refractivity contribution in [3.63, 3.8) is 0 Å². The molecule has 0 saturated heterocycles. The van der Waals surface area contributed by atoms with E-state index in [0.717, 1.165) is 38.0 Å². The Morgan fingerprint density at radius 1 is 1.00 bits per heavy atom. The van der Waals surface area contributed by atoms with Crippen molar-refractivity contribution in [1.29, 1.82) is 0 Å². The zero-order valence-electron chi connectivity index (χ0n) is 11.6. The fraction of sp³-hybridized carbons (Fsp3) is 0.571. The molecule has 0 saturated carbocycles. The molecule has 5 heteroatoms. The van der Waals surface area contributed by atoms with Crippen molar-refractivity contribution in [1.82, 2.24) is 0 Å². The van der Waals surface area contributed by atoms with Gasteiger partial charge in [-0.3, -0.25) is 4.18 Å². The standard InChI is InChI=1S/C14H22O4S/c1-3-17-11-5-4-6-12-18-19(15,16)14-9-7-13(2)8-10-14/h7-10H,3-6,11-12H2,1-2H3. The van der Waals surface area contributed by atoms with Crippen LogP contribution in [0.4, 0.5) is 0 Å². The van der Waals surface area contributed by atoms with Crippen LogP contribution in [0.15, 0.2) is 29.2 Å². The van der Waals surface area contributed by atoms with Gasteiger partial charge in [-0.05, 0) is 45.2 Å². The van der Waals surface area contributed by atoms with E-state index in [1.807, 2.05) is 13.8 Å². The van der Waals surface area contributed by atoms with Gasteiger partial charge in [0.15, 0.2) is 0 Å². The van der Waals surface area contributed by atoms with Gasteiger partial charge < -0.3 is 4.74 Å². The Bertz CT molecular complexity index is 451. The van der Waals surface area contributed by atoms with Crippen LogP contribution in [-0.4, -0.2) is 28.2 Å². The summed E-state index contributed by atoms with van der Waals surface area (Å²) in [4.78, 5) is 0.215. The van der Waals surface area contributed by atoms with Gasteiger partial charge in [0.1, 0.15) is 0 Å². The maximum Gasteiger partial charge on any atom is 0.296 e. The molecule has 1 aromatic carbocycles. The lowest BCUT2D eigenvalue weighted by atomic mass is 10.2. The Morgan fingerprint density at radius 2 is 1.63 bits per heavy atom. The quantitative estimate of drug-likeness (QED) is 0.517. The summed E-state index contributed by atoms with van der Waals surface area (Å²) in [7, 11) is -3.61. The third-order valence-corrected chi connectivity index (χ3v) is 4.01. The minimum atomic E-state index is -3.61. The Balaban J connectivity index is 2.29. The Labute approximate surface area is 115 Å². The van der Waals surface area contributed by atoms with Crippen molar-refractivity contribution in [3.05, 3.63) is 29.8 Å². The molecule has 0 atom stereocenters. The summed E-state index contributed by atoms with van der Waals surface area (Å²) in [5, 5.41) is 0. The lowest BCUT2D eigenvalue weighted by molar-refractivity contribution is 0.141. The normalized spacial score (nSPS) is 11.7. The summed E-state index contributed by atoms with van der Waals surface area (Å²) in [5.74, 6) is 0. The van der Waals surface area contributed by atoms with Crippen molar-refractivity contribution in [2.45, 2.75) is 38.0 Å². The molecule has 0 spiro atoms. The Kier molecular flexibility index (Phi) is 7.05. The van der Waals surface area contributed by atoms with Crippen LogP contribution in [0, 0.1) is 6.92 Å². The topological polar surface area (TPSA) is 52.6 Å². The summed E-state index contributed by atoms with van der Waals surface area (Å²) in [5.41, 5.74) is 1.02. The highest BCUT2D eigenvalue weighted by Crippen LogP contribution is 2.13. The fourth-order valence-corrected chi connectivity index (χ4v) is 2.51. The first-order valence-corrected chi connectivity index (χ1v) is 8.01. The molecule has 0 unspecified atom stereocenters. The predicted octanol–water partition coefficient (Wildman–Crippen LogP) is 2.91. The van der Waals surface area contributed by atoms with E-state index >= 15 is 0 Å². The molecule has 0 aliphatic rings. The molecule has 0 fully saturated rings. The molecular formula is C14H22O4S. The van der Waals surface area contributed by atoms with Crippen LogP contribution in [0.3, 0.4) is 0 Å². The molecule has 0 aliphatic heterocycles. The van der Waals surface area contributed by atoms with Gasteiger partial charge in [0.05, 0.1) is 11.5 Å². The molecule has 0 amide bonds. The maximum atomic E-state index is 11.8. The van der Waals surface area contributed by atoms with Crippen LogP contribution < -0.4 is 0 Å². The molecular weight excluding hydrogens is 264 g/mol. The Hall–Kier alpha value is -0.910. The van der Waals surface area contributed by atoms with Gasteiger partial charge >= 0.3 is 0 Å². The van der Waals surface area contributed by atoms with Gasteiger partial charge in [0.2, 0.25) is 0 Å². The number of benzene rings is 1. The van der Waals surface area contributed by atoms with Crippen LogP contribution >= 0.6 is 0 Å². The number of ether oxygens (including phenoxy) is 1. The fourth-order valence-electron chi connectivity index (χ4n) is 1.57. The van der Waals surface area contributed by atoms with E-state index in [4.69, 9.17) is 8.92 Å². The first-order chi connectivity index (χ1) is 9.06. The van der Waals surface area contributed by atoms with Gasteiger partial charge in [0, 0.05) is 13.2 Å². The largest absolute Gasteiger partial charge is 0.382 e. The van der Waals surface area contributed by atoms with E-state index in [9.17, 15) is 8.42 Å². The summed E-state index contributed by atoms with van der Waals surface area (Å²) in [6, 6.07) is 6.66. The highest BCUT2D eigenvalue weighted by molar-refractivity contribution is 7.86. The third-order valence-electron chi connectivity index (χ3n) is 2.69. The summed E-state index contributed by atoms with van der Waals surface area (Å²) in [6.45, 7) is 5.54. The van der Waals surface area contributed by atoms with Crippen LogP contribution in [-0.2, 0) is 19.0 Å². The van der Waals surface area contributed by atoms with Gasteiger partial charge in [0.25, 0.3) is 10.1 Å². The summed E-state index contributed by atoms with van der Waals surface area (Å²) in [6.07, 6.45) is 2.56. The zero-order chi connectivity index (χ0) is 14.1. The minimum Gasteiger partial charge on any atom is -0.382 e. The third kappa shape index (κ3) is 6.18. The van der Waals surface area contributed by atoms with E-state index in [1.54, 1.807) is 24.3 Å². The molecule has 4 nitrogen and oxygen atoms in total. The molecule has 1 rings (SSSR count).